The predicted molar refractivity (Wildman–Crippen MR) is 67.1 cm³/mol. The summed E-state index contributed by atoms with van der Waals surface area (Å²) in [6, 6.07) is 3.77. The van der Waals surface area contributed by atoms with Crippen molar-refractivity contribution >= 4 is 17.6 Å². The van der Waals surface area contributed by atoms with Gasteiger partial charge in [0.2, 0.25) is 0 Å². The molecule has 0 aliphatic heterocycles. The maximum atomic E-state index is 13.7. The van der Waals surface area contributed by atoms with Gasteiger partial charge in [0.1, 0.15) is 12.4 Å². The fraction of sp³-hybridized carbons (Fsp3) is 0.385. The molecule has 5 nitrogen and oxygen atoms in total. The average molecular weight is 266 g/mol. The monoisotopic (exact) mass is 266 g/mol. The Morgan fingerprint density at radius 3 is 2.63 bits per heavy atom. The molecule has 0 bridgehead atoms. The summed E-state index contributed by atoms with van der Waals surface area (Å²) in [5.41, 5.74) is 5.50. The van der Waals surface area contributed by atoms with Crippen LogP contribution < -0.4 is 5.73 Å². The van der Waals surface area contributed by atoms with Crippen LogP contribution in [0, 0.1) is 11.7 Å². The lowest BCUT2D eigenvalue weighted by molar-refractivity contribution is -0.137. The Kier molecular flexibility index (Phi) is 3.69. The minimum Gasteiger partial charge on any atom is -0.480 e. The van der Waals surface area contributed by atoms with Crippen molar-refractivity contribution in [2.45, 2.75) is 12.8 Å². The fourth-order valence-electron chi connectivity index (χ4n) is 1.87. The van der Waals surface area contributed by atoms with E-state index in [1.807, 2.05) is 0 Å². The minimum atomic E-state index is -1.11. The van der Waals surface area contributed by atoms with E-state index in [0.717, 1.165) is 18.9 Å². The summed E-state index contributed by atoms with van der Waals surface area (Å²) in [6.07, 6.45) is 1.96. The van der Waals surface area contributed by atoms with Crippen LogP contribution >= 0.6 is 0 Å². The maximum absolute atomic E-state index is 13.7. The summed E-state index contributed by atoms with van der Waals surface area (Å²) in [4.78, 5) is 24.1. The lowest BCUT2D eigenvalue weighted by atomic mass is 10.1. The van der Waals surface area contributed by atoms with Gasteiger partial charge in [-0.05, 0) is 37.0 Å². The number of anilines is 1. The first-order valence-electron chi connectivity index (χ1n) is 6.03. The molecule has 102 valence electrons. The van der Waals surface area contributed by atoms with Crippen LogP contribution in [0.4, 0.5) is 10.1 Å². The van der Waals surface area contributed by atoms with Crippen molar-refractivity contribution in [3.63, 3.8) is 0 Å². The molecule has 1 aromatic rings. The largest absolute Gasteiger partial charge is 0.480 e. The van der Waals surface area contributed by atoms with Gasteiger partial charge < -0.3 is 15.7 Å². The molecule has 0 unspecified atom stereocenters. The molecule has 1 fully saturated rings. The van der Waals surface area contributed by atoms with Gasteiger partial charge in [-0.15, -0.1) is 0 Å². The Morgan fingerprint density at radius 2 is 2.11 bits per heavy atom. The maximum Gasteiger partial charge on any atom is 0.323 e. The van der Waals surface area contributed by atoms with Crippen LogP contribution in [-0.2, 0) is 4.79 Å². The van der Waals surface area contributed by atoms with E-state index < -0.39 is 24.2 Å². The van der Waals surface area contributed by atoms with Crippen molar-refractivity contribution in [1.29, 1.82) is 0 Å². The Morgan fingerprint density at radius 1 is 1.42 bits per heavy atom. The van der Waals surface area contributed by atoms with Gasteiger partial charge in [-0.2, -0.15) is 0 Å². The van der Waals surface area contributed by atoms with E-state index in [4.69, 9.17) is 10.8 Å². The number of benzene rings is 1. The quantitative estimate of drug-likeness (QED) is 0.788. The molecule has 6 heteroatoms. The normalized spacial score (nSPS) is 14.2. The number of carboxylic acid groups (broad SMARTS) is 1. The Bertz CT molecular complexity index is 515. The number of hydrogen-bond acceptors (Lipinski definition) is 3. The summed E-state index contributed by atoms with van der Waals surface area (Å²) in [7, 11) is 0. The Hall–Kier alpha value is -2.11. The summed E-state index contributed by atoms with van der Waals surface area (Å²) in [6.45, 7) is -0.0614. The molecule has 0 heterocycles. The van der Waals surface area contributed by atoms with Crippen molar-refractivity contribution in [2.75, 3.05) is 18.8 Å². The number of rotatable bonds is 5. The van der Waals surface area contributed by atoms with Gasteiger partial charge in [0, 0.05) is 12.2 Å². The molecular formula is C13H15FN2O3. The molecular weight excluding hydrogens is 251 g/mol. The van der Waals surface area contributed by atoms with Crippen LogP contribution in [0.25, 0.3) is 0 Å². The zero-order chi connectivity index (χ0) is 14.0. The molecule has 1 aliphatic rings. The molecule has 3 N–H and O–H groups in total. The SMILES string of the molecule is Nc1ccc(C(=O)N(CC(=O)O)CC2CC2)c(F)c1. The Balaban J connectivity index is 2.19. The molecule has 19 heavy (non-hydrogen) atoms. The molecule has 0 spiro atoms. The molecule has 0 radical (unpaired) electrons. The van der Waals surface area contributed by atoms with Crippen LogP contribution in [0.5, 0.6) is 0 Å². The highest BCUT2D eigenvalue weighted by Gasteiger charge is 2.29. The number of hydrogen-bond donors (Lipinski definition) is 2. The third-order valence-electron chi connectivity index (χ3n) is 3.01. The highest BCUT2D eigenvalue weighted by molar-refractivity contribution is 5.96. The summed E-state index contributed by atoms with van der Waals surface area (Å²) in [5, 5.41) is 8.82. The van der Waals surface area contributed by atoms with Crippen molar-refractivity contribution in [1.82, 2.24) is 4.90 Å². The van der Waals surface area contributed by atoms with Crippen LogP contribution in [-0.4, -0.2) is 35.0 Å². The third kappa shape index (κ3) is 3.43. The summed E-state index contributed by atoms with van der Waals surface area (Å²) < 4.78 is 13.7. The molecule has 0 atom stereocenters. The first-order chi connectivity index (χ1) is 8.97. The number of amides is 1. The molecule has 1 aliphatic carbocycles. The number of carbonyl (C=O) groups is 2. The number of carboxylic acids is 1. The molecule has 2 rings (SSSR count). The standard InChI is InChI=1S/C13H15FN2O3/c14-11-5-9(15)3-4-10(11)13(19)16(7-12(17)18)6-8-1-2-8/h3-5,8H,1-2,6-7,15H2,(H,17,18). The zero-order valence-corrected chi connectivity index (χ0v) is 10.3. The van der Waals surface area contributed by atoms with Crippen LogP contribution in [0.2, 0.25) is 0 Å². The second-order valence-electron chi connectivity index (χ2n) is 4.76. The van der Waals surface area contributed by atoms with E-state index in [-0.39, 0.29) is 11.3 Å². The van der Waals surface area contributed by atoms with Gasteiger partial charge in [0.15, 0.2) is 0 Å². The number of nitrogens with zero attached hydrogens (tertiary/aromatic N) is 1. The predicted octanol–water partition coefficient (Wildman–Crippen LogP) is 1.34. The topological polar surface area (TPSA) is 83.6 Å². The second kappa shape index (κ2) is 5.26. The number of halogens is 1. The van der Waals surface area contributed by atoms with Crippen molar-refractivity contribution < 1.29 is 19.1 Å². The minimum absolute atomic E-state index is 0.142. The molecule has 1 aromatic carbocycles. The van der Waals surface area contributed by atoms with Crippen molar-refractivity contribution in [3.8, 4) is 0 Å². The second-order valence-corrected chi connectivity index (χ2v) is 4.76. The molecule has 0 aromatic heterocycles. The van der Waals surface area contributed by atoms with Gasteiger partial charge in [-0.3, -0.25) is 9.59 Å². The van der Waals surface area contributed by atoms with Crippen LogP contribution in [0.15, 0.2) is 18.2 Å². The smallest absolute Gasteiger partial charge is 0.323 e. The molecule has 1 amide bonds. The van der Waals surface area contributed by atoms with E-state index >= 15 is 0 Å². The van der Waals surface area contributed by atoms with Gasteiger partial charge in [-0.25, -0.2) is 4.39 Å². The van der Waals surface area contributed by atoms with E-state index in [1.165, 1.54) is 17.0 Å². The van der Waals surface area contributed by atoms with Gasteiger partial charge in [0.05, 0.1) is 5.56 Å². The lowest BCUT2D eigenvalue weighted by Crippen LogP contribution is -2.37. The average Bonchev–Trinajstić information content (AvgIpc) is 3.10. The van der Waals surface area contributed by atoms with Gasteiger partial charge in [-0.1, -0.05) is 0 Å². The molecule has 0 saturated heterocycles. The Labute approximate surface area is 109 Å². The highest BCUT2D eigenvalue weighted by atomic mass is 19.1. The highest BCUT2D eigenvalue weighted by Crippen LogP contribution is 2.30. The zero-order valence-electron chi connectivity index (χ0n) is 10.3. The fourth-order valence-corrected chi connectivity index (χ4v) is 1.87. The van der Waals surface area contributed by atoms with E-state index in [9.17, 15) is 14.0 Å². The van der Waals surface area contributed by atoms with Crippen molar-refractivity contribution in [2.24, 2.45) is 5.92 Å². The molecule has 1 saturated carbocycles. The number of nitrogen functional groups attached to an aromatic ring is 1. The third-order valence-corrected chi connectivity index (χ3v) is 3.01. The summed E-state index contributed by atoms with van der Waals surface area (Å²) in [5.74, 6) is -2.10. The van der Waals surface area contributed by atoms with Crippen LogP contribution in [0.3, 0.4) is 0 Å². The lowest BCUT2D eigenvalue weighted by Gasteiger charge is -2.20. The van der Waals surface area contributed by atoms with Gasteiger partial charge >= 0.3 is 5.97 Å². The first-order valence-corrected chi connectivity index (χ1v) is 6.03. The number of carbonyl (C=O) groups excluding carboxylic acids is 1. The van der Waals surface area contributed by atoms with E-state index in [1.54, 1.807) is 0 Å². The van der Waals surface area contributed by atoms with E-state index in [2.05, 4.69) is 0 Å². The van der Waals surface area contributed by atoms with Crippen molar-refractivity contribution in [3.05, 3.63) is 29.6 Å². The van der Waals surface area contributed by atoms with Crippen LogP contribution in [0.1, 0.15) is 23.2 Å². The van der Waals surface area contributed by atoms with Gasteiger partial charge in [0.25, 0.3) is 5.91 Å². The number of nitrogens with two attached hydrogens (primary N) is 1. The summed E-state index contributed by atoms with van der Waals surface area (Å²) >= 11 is 0. The first kappa shape index (κ1) is 13.3. The van der Waals surface area contributed by atoms with E-state index in [0.29, 0.717) is 12.5 Å². The number of aliphatic carboxylic acids is 1.